The fourth-order valence-electron chi connectivity index (χ4n) is 3.60. The molecule has 0 radical (unpaired) electrons. The van der Waals surface area contributed by atoms with E-state index in [1.165, 1.54) is 0 Å². The van der Waals surface area contributed by atoms with Gasteiger partial charge in [-0.3, -0.25) is 4.90 Å². The van der Waals surface area contributed by atoms with Crippen LogP contribution in [0.2, 0.25) is 0 Å². The monoisotopic (exact) mass is 432 g/mol. The summed E-state index contributed by atoms with van der Waals surface area (Å²) in [6.07, 6.45) is 1.01. The summed E-state index contributed by atoms with van der Waals surface area (Å²) in [5.41, 5.74) is 1.38. The molecule has 0 N–H and O–H groups in total. The summed E-state index contributed by atoms with van der Waals surface area (Å²) in [6, 6.07) is 12.7. The van der Waals surface area contributed by atoms with E-state index in [2.05, 4.69) is 9.80 Å². The minimum Gasteiger partial charge on any atom is -0.493 e. The molecule has 0 saturated carbocycles. The first-order chi connectivity index (χ1) is 14.7. The first kappa shape index (κ1) is 22.4. The smallest absolute Gasteiger partial charge is 0.343 e. The van der Waals surface area contributed by atoms with E-state index in [9.17, 15) is 4.79 Å². The van der Waals surface area contributed by atoms with E-state index in [0.717, 1.165) is 44.7 Å². The molecule has 1 fully saturated rings. The zero-order valence-corrected chi connectivity index (χ0v) is 18.4. The number of carbonyl (C=O) groups is 1. The van der Waals surface area contributed by atoms with Crippen LogP contribution in [-0.4, -0.2) is 68.6 Å². The molecule has 6 nitrogen and oxygen atoms in total. The number of halogens is 1. The fraction of sp³-hybridized carbons (Fsp3) is 0.435. The van der Waals surface area contributed by atoms with Gasteiger partial charge in [-0.15, -0.1) is 11.6 Å². The van der Waals surface area contributed by atoms with Crippen molar-refractivity contribution in [1.29, 1.82) is 0 Å². The number of ether oxygens (including phenoxy) is 3. The molecule has 0 bridgehead atoms. The minimum absolute atomic E-state index is 0.412. The number of hydrogen-bond donors (Lipinski definition) is 0. The number of rotatable bonds is 9. The van der Waals surface area contributed by atoms with Gasteiger partial charge in [0.1, 0.15) is 0 Å². The second-order valence-corrected chi connectivity index (χ2v) is 7.58. The number of nitrogens with zero attached hydrogens (tertiary/aromatic N) is 2. The van der Waals surface area contributed by atoms with Crippen molar-refractivity contribution in [3.8, 4) is 17.2 Å². The molecule has 0 spiro atoms. The lowest BCUT2D eigenvalue weighted by Gasteiger charge is -2.35. The van der Waals surface area contributed by atoms with E-state index in [4.69, 9.17) is 25.8 Å². The maximum atomic E-state index is 12.7. The molecule has 1 aliphatic rings. The lowest BCUT2D eigenvalue weighted by Crippen LogP contribution is -2.46. The Labute approximate surface area is 183 Å². The zero-order valence-electron chi connectivity index (χ0n) is 17.6. The highest BCUT2D eigenvalue weighted by Crippen LogP contribution is 2.41. The minimum atomic E-state index is -0.422. The van der Waals surface area contributed by atoms with Crippen molar-refractivity contribution in [3.05, 3.63) is 53.6 Å². The first-order valence-electron chi connectivity index (χ1n) is 10.2. The Hall–Kier alpha value is -2.28. The Morgan fingerprint density at radius 3 is 2.27 bits per heavy atom. The van der Waals surface area contributed by atoms with Crippen LogP contribution in [0.4, 0.5) is 0 Å². The third kappa shape index (κ3) is 5.65. The third-order valence-electron chi connectivity index (χ3n) is 5.25. The van der Waals surface area contributed by atoms with Crippen LogP contribution in [0.15, 0.2) is 42.5 Å². The molecule has 0 aromatic heterocycles. The molecule has 2 aromatic rings. The number of piperazine rings is 1. The zero-order chi connectivity index (χ0) is 21.3. The molecule has 3 rings (SSSR count). The van der Waals surface area contributed by atoms with Crippen molar-refractivity contribution in [2.75, 3.05) is 52.8 Å². The van der Waals surface area contributed by atoms with Crippen LogP contribution < -0.4 is 14.2 Å². The van der Waals surface area contributed by atoms with Gasteiger partial charge < -0.3 is 19.1 Å². The third-order valence-corrected chi connectivity index (χ3v) is 5.52. The van der Waals surface area contributed by atoms with Crippen molar-refractivity contribution in [3.63, 3.8) is 0 Å². The molecule has 162 valence electrons. The highest BCUT2D eigenvalue weighted by atomic mass is 35.5. The Balaban J connectivity index is 1.78. The van der Waals surface area contributed by atoms with Crippen molar-refractivity contribution in [2.45, 2.75) is 13.0 Å². The van der Waals surface area contributed by atoms with Crippen molar-refractivity contribution >= 4 is 17.6 Å². The summed E-state index contributed by atoms with van der Waals surface area (Å²) in [4.78, 5) is 17.5. The van der Waals surface area contributed by atoms with Gasteiger partial charge in [-0.05, 0) is 31.2 Å². The van der Waals surface area contributed by atoms with Gasteiger partial charge in [0.15, 0.2) is 11.5 Å². The van der Waals surface area contributed by atoms with E-state index >= 15 is 0 Å². The molecular formula is C23H29ClN2O4. The van der Waals surface area contributed by atoms with Gasteiger partial charge >= 0.3 is 5.97 Å². The number of benzene rings is 2. The van der Waals surface area contributed by atoms with Gasteiger partial charge in [-0.25, -0.2) is 4.79 Å². The summed E-state index contributed by atoms with van der Waals surface area (Å²) in [7, 11) is 3.12. The van der Waals surface area contributed by atoms with Crippen molar-refractivity contribution in [2.24, 2.45) is 0 Å². The van der Waals surface area contributed by atoms with E-state index in [1.807, 2.05) is 30.3 Å². The molecule has 0 aliphatic carbocycles. The summed E-state index contributed by atoms with van der Waals surface area (Å²) < 4.78 is 16.8. The van der Waals surface area contributed by atoms with Crippen LogP contribution in [0.25, 0.3) is 0 Å². The van der Waals surface area contributed by atoms with Crippen molar-refractivity contribution < 1.29 is 19.0 Å². The number of carbonyl (C=O) groups excluding carboxylic acids is 1. The Bertz CT molecular complexity index is 823. The van der Waals surface area contributed by atoms with Gasteiger partial charge in [0, 0.05) is 44.2 Å². The molecule has 0 atom stereocenters. The molecular weight excluding hydrogens is 404 g/mol. The highest BCUT2D eigenvalue weighted by Gasteiger charge is 2.23. The standard InChI is InChI=1S/C23H29ClN2O4/c1-28-20-10-9-19(17-26-15-13-25(14-16-26)12-6-11-24)21(22(20)29-2)30-23(27)18-7-4-3-5-8-18/h3-5,7-10H,6,11-17H2,1-2H3. The summed E-state index contributed by atoms with van der Waals surface area (Å²) in [5.74, 6) is 1.65. The molecule has 0 amide bonds. The van der Waals surface area contributed by atoms with E-state index in [-0.39, 0.29) is 0 Å². The van der Waals surface area contributed by atoms with Gasteiger partial charge in [-0.1, -0.05) is 24.3 Å². The lowest BCUT2D eigenvalue weighted by molar-refractivity contribution is 0.0723. The average molecular weight is 433 g/mol. The second-order valence-electron chi connectivity index (χ2n) is 7.21. The van der Waals surface area contributed by atoms with Crippen LogP contribution in [0, 0.1) is 0 Å². The molecule has 30 heavy (non-hydrogen) atoms. The topological polar surface area (TPSA) is 51.2 Å². The van der Waals surface area contributed by atoms with E-state index in [0.29, 0.717) is 35.2 Å². The highest BCUT2D eigenvalue weighted by molar-refractivity contribution is 6.17. The van der Waals surface area contributed by atoms with Crippen LogP contribution in [0.3, 0.4) is 0 Å². The van der Waals surface area contributed by atoms with Crippen LogP contribution in [0.5, 0.6) is 17.2 Å². The van der Waals surface area contributed by atoms with Gasteiger partial charge in [0.2, 0.25) is 5.75 Å². The average Bonchev–Trinajstić information content (AvgIpc) is 2.79. The molecule has 1 heterocycles. The molecule has 0 unspecified atom stereocenters. The number of hydrogen-bond acceptors (Lipinski definition) is 6. The molecule has 1 aliphatic heterocycles. The predicted octanol–water partition coefficient (Wildman–Crippen LogP) is 3.67. The Morgan fingerprint density at radius 1 is 0.933 bits per heavy atom. The van der Waals surface area contributed by atoms with Crippen LogP contribution in [0.1, 0.15) is 22.3 Å². The lowest BCUT2D eigenvalue weighted by atomic mass is 10.1. The fourth-order valence-corrected chi connectivity index (χ4v) is 3.72. The SMILES string of the molecule is COc1ccc(CN2CCN(CCCCl)CC2)c(OC(=O)c2ccccc2)c1OC. The quantitative estimate of drug-likeness (QED) is 0.342. The Kier molecular flexibility index (Phi) is 8.37. The molecule has 7 heteroatoms. The number of alkyl halides is 1. The summed E-state index contributed by atoms with van der Waals surface area (Å²) >= 11 is 5.81. The van der Waals surface area contributed by atoms with Gasteiger partial charge in [0.25, 0.3) is 0 Å². The van der Waals surface area contributed by atoms with Crippen molar-refractivity contribution in [1.82, 2.24) is 9.80 Å². The van der Waals surface area contributed by atoms with Crippen LogP contribution in [-0.2, 0) is 6.54 Å². The summed E-state index contributed by atoms with van der Waals surface area (Å²) in [5, 5.41) is 0. The maximum Gasteiger partial charge on any atom is 0.343 e. The van der Waals surface area contributed by atoms with E-state index in [1.54, 1.807) is 26.4 Å². The Morgan fingerprint density at radius 2 is 1.63 bits per heavy atom. The number of esters is 1. The molecule has 1 saturated heterocycles. The normalized spacial score (nSPS) is 15.0. The number of methoxy groups -OCH3 is 2. The predicted molar refractivity (Wildman–Crippen MR) is 118 cm³/mol. The largest absolute Gasteiger partial charge is 0.493 e. The van der Waals surface area contributed by atoms with Gasteiger partial charge in [-0.2, -0.15) is 0 Å². The molecule has 2 aromatic carbocycles. The second kappa shape index (κ2) is 11.2. The first-order valence-corrected chi connectivity index (χ1v) is 10.7. The van der Waals surface area contributed by atoms with E-state index < -0.39 is 5.97 Å². The van der Waals surface area contributed by atoms with Crippen LogP contribution >= 0.6 is 11.6 Å². The summed E-state index contributed by atoms with van der Waals surface area (Å²) in [6.45, 7) is 5.60. The maximum absolute atomic E-state index is 12.7. The van der Waals surface area contributed by atoms with Gasteiger partial charge in [0.05, 0.1) is 19.8 Å².